The van der Waals surface area contributed by atoms with Crippen LogP contribution in [0, 0.1) is 6.92 Å². The topological polar surface area (TPSA) is 55.0 Å². The Bertz CT molecular complexity index is 305. The van der Waals surface area contributed by atoms with Crippen LogP contribution in [0.1, 0.15) is 12.1 Å². The number of aromatic nitrogens is 2. The Morgan fingerprint density at radius 2 is 2.36 bits per heavy atom. The molecule has 1 aromatic heterocycles. The molecule has 2 N–H and O–H groups in total. The van der Waals surface area contributed by atoms with Crippen molar-refractivity contribution in [3.05, 3.63) is 18.0 Å². The summed E-state index contributed by atoms with van der Waals surface area (Å²) < 4.78 is 0. The van der Waals surface area contributed by atoms with E-state index < -0.39 is 0 Å². The van der Waals surface area contributed by atoms with Crippen molar-refractivity contribution in [1.29, 1.82) is 0 Å². The lowest BCUT2D eigenvalue weighted by Crippen LogP contribution is -2.27. The Morgan fingerprint density at radius 1 is 1.57 bits per heavy atom. The van der Waals surface area contributed by atoms with Gasteiger partial charge in [0.2, 0.25) is 5.95 Å². The van der Waals surface area contributed by atoms with Crippen LogP contribution < -0.4 is 10.6 Å². The summed E-state index contributed by atoms with van der Waals surface area (Å²) in [7, 11) is 0. The Kier molecular flexibility index (Phi) is 3.66. The smallest absolute Gasteiger partial charge is 0.225 e. The first-order valence-corrected chi connectivity index (χ1v) is 4.56. The van der Waals surface area contributed by atoms with Gasteiger partial charge in [-0.15, -0.1) is 12.4 Å². The van der Waals surface area contributed by atoms with Crippen LogP contribution in [0.25, 0.3) is 0 Å². The van der Waals surface area contributed by atoms with Gasteiger partial charge in [0, 0.05) is 31.0 Å². The van der Waals surface area contributed by atoms with Crippen molar-refractivity contribution in [2.24, 2.45) is 5.73 Å². The van der Waals surface area contributed by atoms with Gasteiger partial charge in [0.15, 0.2) is 0 Å². The van der Waals surface area contributed by atoms with Crippen molar-refractivity contribution in [1.82, 2.24) is 9.97 Å². The van der Waals surface area contributed by atoms with Crippen LogP contribution >= 0.6 is 12.4 Å². The van der Waals surface area contributed by atoms with Gasteiger partial charge >= 0.3 is 0 Å². The molecule has 0 aromatic carbocycles. The average Bonchev–Trinajstić information content (AvgIpc) is 2.52. The van der Waals surface area contributed by atoms with Crippen molar-refractivity contribution < 1.29 is 0 Å². The fraction of sp³-hybridized carbons (Fsp3) is 0.556. The molecule has 0 saturated carbocycles. The predicted molar refractivity (Wildman–Crippen MR) is 58.8 cm³/mol. The van der Waals surface area contributed by atoms with Gasteiger partial charge in [0.25, 0.3) is 0 Å². The Labute approximate surface area is 89.9 Å². The minimum Gasteiger partial charge on any atom is -0.339 e. The summed E-state index contributed by atoms with van der Waals surface area (Å²) in [4.78, 5) is 10.7. The van der Waals surface area contributed by atoms with Crippen LogP contribution in [0.15, 0.2) is 12.3 Å². The first-order valence-electron chi connectivity index (χ1n) is 4.56. The van der Waals surface area contributed by atoms with Crippen LogP contribution in [-0.2, 0) is 0 Å². The highest BCUT2D eigenvalue weighted by Gasteiger charge is 2.20. The molecule has 1 aliphatic rings. The van der Waals surface area contributed by atoms with Crippen LogP contribution in [0.3, 0.4) is 0 Å². The molecular formula is C9H15ClN4. The molecule has 14 heavy (non-hydrogen) atoms. The second-order valence-electron chi connectivity index (χ2n) is 3.49. The van der Waals surface area contributed by atoms with E-state index in [0.29, 0.717) is 0 Å². The van der Waals surface area contributed by atoms with Crippen molar-refractivity contribution in [3.8, 4) is 0 Å². The van der Waals surface area contributed by atoms with Gasteiger partial charge in [-0.05, 0) is 19.4 Å². The van der Waals surface area contributed by atoms with Crippen LogP contribution in [0.5, 0.6) is 0 Å². The number of nitrogens with zero attached hydrogens (tertiary/aromatic N) is 3. The van der Waals surface area contributed by atoms with Crippen LogP contribution in [0.4, 0.5) is 5.95 Å². The van der Waals surface area contributed by atoms with Crippen LogP contribution in [0.2, 0.25) is 0 Å². The molecule has 0 unspecified atom stereocenters. The van der Waals surface area contributed by atoms with Crippen molar-refractivity contribution >= 4 is 18.4 Å². The van der Waals surface area contributed by atoms with E-state index in [2.05, 4.69) is 14.9 Å². The molecule has 0 spiro atoms. The summed E-state index contributed by atoms with van der Waals surface area (Å²) >= 11 is 0. The molecular weight excluding hydrogens is 200 g/mol. The number of anilines is 1. The molecule has 78 valence electrons. The predicted octanol–water partition coefficient (Wildman–Crippen LogP) is 0.744. The van der Waals surface area contributed by atoms with E-state index in [4.69, 9.17) is 5.73 Å². The quantitative estimate of drug-likeness (QED) is 0.750. The number of halogens is 1. The molecule has 1 saturated heterocycles. The highest BCUT2D eigenvalue weighted by atomic mass is 35.5. The van der Waals surface area contributed by atoms with E-state index in [1.54, 1.807) is 6.20 Å². The van der Waals surface area contributed by atoms with Gasteiger partial charge < -0.3 is 10.6 Å². The van der Waals surface area contributed by atoms with Crippen LogP contribution in [-0.4, -0.2) is 29.1 Å². The summed E-state index contributed by atoms with van der Waals surface area (Å²) in [5, 5.41) is 0. The van der Waals surface area contributed by atoms with E-state index in [1.165, 1.54) is 0 Å². The first-order chi connectivity index (χ1) is 6.25. The lowest BCUT2D eigenvalue weighted by molar-refractivity contribution is 0.750. The van der Waals surface area contributed by atoms with Gasteiger partial charge in [-0.1, -0.05) is 0 Å². The normalized spacial score (nSPS) is 20.7. The molecule has 1 atom stereocenters. The van der Waals surface area contributed by atoms with Gasteiger partial charge in [-0.2, -0.15) is 0 Å². The summed E-state index contributed by atoms with van der Waals surface area (Å²) in [6.45, 7) is 3.83. The van der Waals surface area contributed by atoms with E-state index >= 15 is 0 Å². The average molecular weight is 215 g/mol. The molecule has 5 heteroatoms. The number of aryl methyl sites for hydroxylation is 1. The molecule has 0 aliphatic carbocycles. The fourth-order valence-electron chi connectivity index (χ4n) is 1.56. The maximum absolute atomic E-state index is 5.80. The standard InChI is InChI=1S/C9H14N4.ClH/c1-7-2-4-11-9(12-7)13-5-3-8(10)6-13;/h2,4,8H,3,5-6,10H2,1H3;1H/t8-;/m0./s1. The first kappa shape index (κ1) is 11.2. The number of hydrogen-bond acceptors (Lipinski definition) is 4. The molecule has 1 aromatic rings. The second-order valence-corrected chi connectivity index (χ2v) is 3.49. The second kappa shape index (κ2) is 4.57. The molecule has 0 amide bonds. The van der Waals surface area contributed by atoms with E-state index in [1.807, 2.05) is 13.0 Å². The Balaban J connectivity index is 0.000000980. The largest absolute Gasteiger partial charge is 0.339 e. The molecule has 0 bridgehead atoms. The zero-order valence-corrected chi connectivity index (χ0v) is 9.00. The number of nitrogens with two attached hydrogens (primary N) is 1. The monoisotopic (exact) mass is 214 g/mol. The summed E-state index contributed by atoms with van der Waals surface area (Å²) in [5.74, 6) is 0.813. The van der Waals surface area contributed by atoms with Crippen molar-refractivity contribution in [3.63, 3.8) is 0 Å². The third kappa shape index (κ3) is 2.33. The molecule has 1 fully saturated rings. The van der Waals surface area contributed by atoms with Crippen molar-refractivity contribution in [2.45, 2.75) is 19.4 Å². The highest BCUT2D eigenvalue weighted by molar-refractivity contribution is 5.85. The lowest BCUT2D eigenvalue weighted by atomic mass is 10.3. The molecule has 1 aliphatic heterocycles. The summed E-state index contributed by atoms with van der Waals surface area (Å²) in [6, 6.07) is 2.18. The van der Waals surface area contributed by atoms with Gasteiger partial charge in [-0.25, -0.2) is 9.97 Å². The van der Waals surface area contributed by atoms with Crippen molar-refractivity contribution in [2.75, 3.05) is 18.0 Å². The Morgan fingerprint density at radius 3 is 2.93 bits per heavy atom. The number of hydrogen-bond donors (Lipinski definition) is 1. The summed E-state index contributed by atoms with van der Waals surface area (Å²) in [5.41, 5.74) is 6.81. The van der Waals surface area contributed by atoms with E-state index in [9.17, 15) is 0 Å². The lowest BCUT2D eigenvalue weighted by Gasteiger charge is -2.15. The van der Waals surface area contributed by atoms with Gasteiger partial charge in [0.05, 0.1) is 0 Å². The highest BCUT2D eigenvalue weighted by Crippen LogP contribution is 2.14. The molecule has 2 rings (SSSR count). The van der Waals surface area contributed by atoms with Gasteiger partial charge in [-0.3, -0.25) is 0 Å². The SMILES string of the molecule is Cc1ccnc(N2CC[C@H](N)C2)n1.Cl. The third-order valence-electron chi connectivity index (χ3n) is 2.29. The third-order valence-corrected chi connectivity index (χ3v) is 2.29. The number of rotatable bonds is 1. The Hall–Kier alpha value is -0.870. The fourth-order valence-corrected chi connectivity index (χ4v) is 1.56. The van der Waals surface area contributed by atoms with E-state index in [-0.39, 0.29) is 18.4 Å². The van der Waals surface area contributed by atoms with Gasteiger partial charge in [0.1, 0.15) is 0 Å². The molecule has 2 heterocycles. The molecule has 0 radical (unpaired) electrons. The maximum Gasteiger partial charge on any atom is 0.225 e. The maximum atomic E-state index is 5.80. The minimum absolute atomic E-state index is 0. The summed E-state index contributed by atoms with van der Waals surface area (Å²) in [6.07, 6.45) is 2.83. The minimum atomic E-state index is 0. The molecule has 4 nitrogen and oxygen atoms in total. The van der Waals surface area contributed by atoms with E-state index in [0.717, 1.165) is 31.2 Å². The zero-order valence-electron chi connectivity index (χ0n) is 8.18. The zero-order chi connectivity index (χ0) is 9.26.